The summed E-state index contributed by atoms with van der Waals surface area (Å²) in [4.78, 5) is 40.9. The molecule has 0 radical (unpaired) electrons. The number of urea groups is 1. The SMILES string of the molecule is O=C1NC(=O)C2(CCN(C(=O)CCCn3cncn3)CC2)N1. The van der Waals surface area contributed by atoms with E-state index in [4.69, 9.17) is 0 Å². The summed E-state index contributed by atoms with van der Waals surface area (Å²) < 4.78 is 1.69. The van der Waals surface area contributed by atoms with Crippen LogP contribution < -0.4 is 10.6 Å². The summed E-state index contributed by atoms with van der Waals surface area (Å²) in [5.41, 5.74) is -0.825. The summed E-state index contributed by atoms with van der Waals surface area (Å²) in [5, 5.41) is 8.93. The van der Waals surface area contributed by atoms with E-state index in [-0.39, 0.29) is 11.8 Å². The molecule has 0 aromatic carbocycles. The fourth-order valence-electron chi connectivity index (χ4n) is 2.92. The van der Waals surface area contributed by atoms with Crippen LogP contribution in [-0.2, 0) is 16.1 Å². The first-order valence-corrected chi connectivity index (χ1v) is 7.33. The molecule has 9 heteroatoms. The van der Waals surface area contributed by atoms with Crippen LogP contribution in [0, 0.1) is 0 Å². The molecule has 0 unspecified atom stereocenters. The molecule has 22 heavy (non-hydrogen) atoms. The summed E-state index contributed by atoms with van der Waals surface area (Å²) in [6.07, 6.45) is 5.13. The molecule has 9 nitrogen and oxygen atoms in total. The second kappa shape index (κ2) is 5.74. The summed E-state index contributed by atoms with van der Waals surface area (Å²) in [7, 11) is 0. The van der Waals surface area contributed by atoms with Gasteiger partial charge in [0.1, 0.15) is 18.2 Å². The van der Waals surface area contributed by atoms with Crippen LogP contribution in [-0.4, -0.2) is 56.1 Å². The van der Waals surface area contributed by atoms with Crippen molar-refractivity contribution < 1.29 is 14.4 Å². The molecule has 0 atom stereocenters. The molecule has 2 fully saturated rings. The number of likely N-dealkylation sites (tertiary alicyclic amines) is 1. The molecule has 0 bridgehead atoms. The van der Waals surface area contributed by atoms with Gasteiger partial charge in [0, 0.05) is 26.1 Å². The number of nitrogens with zero attached hydrogens (tertiary/aromatic N) is 4. The number of nitrogens with one attached hydrogen (secondary N) is 2. The van der Waals surface area contributed by atoms with E-state index in [0.717, 1.165) is 0 Å². The quantitative estimate of drug-likeness (QED) is 0.712. The first kappa shape index (κ1) is 14.5. The maximum atomic E-state index is 12.2. The first-order valence-electron chi connectivity index (χ1n) is 7.33. The van der Waals surface area contributed by atoms with Gasteiger partial charge in [-0.25, -0.2) is 9.78 Å². The lowest BCUT2D eigenvalue weighted by atomic mass is 9.87. The van der Waals surface area contributed by atoms with Crippen molar-refractivity contribution in [3.63, 3.8) is 0 Å². The predicted octanol–water partition coefficient (Wildman–Crippen LogP) is -0.741. The van der Waals surface area contributed by atoms with Crippen molar-refractivity contribution in [3.8, 4) is 0 Å². The van der Waals surface area contributed by atoms with Crippen LogP contribution in [0.25, 0.3) is 0 Å². The van der Waals surface area contributed by atoms with E-state index in [1.165, 1.54) is 6.33 Å². The van der Waals surface area contributed by atoms with Gasteiger partial charge in [-0.15, -0.1) is 0 Å². The molecule has 2 saturated heterocycles. The average molecular weight is 306 g/mol. The molecule has 3 heterocycles. The number of carbonyl (C=O) groups excluding carboxylic acids is 3. The van der Waals surface area contributed by atoms with Crippen LogP contribution >= 0.6 is 0 Å². The third kappa shape index (κ3) is 2.78. The summed E-state index contributed by atoms with van der Waals surface area (Å²) in [6, 6.07) is -0.447. The first-order chi connectivity index (χ1) is 10.6. The largest absolute Gasteiger partial charge is 0.342 e. The molecule has 2 N–H and O–H groups in total. The van der Waals surface area contributed by atoms with E-state index in [9.17, 15) is 14.4 Å². The highest BCUT2D eigenvalue weighted by Crippen LogP contribution is 2.25. The van der Waals surface area contributed by atoms with Crippen molar-refractivity contribution in [1.82, 2.24) is 30.3 Å². The molecule has 4 amide bonds. The van der Waals surface area contributed by atoms with Crippen LogP contribution in [0.2, 0.25) is 0 Å². The van der Waals surface area contributed by atoms with Gasteiger partial charge in [0.05, 0.1) is 0 Å². The topological polar surface area (TPSA) is 109 Å². The zero-order chi connectivity index (χ0) is 15.6. The maximum absolute atomic E-state index is 12.2. The highest BCUT2D eigenvalue weighted by Gasteiger charge is 2.48. The molecule has 1 aromatic heterocycles. The van der Waals surface area contributed by atoms with E-state index in [1.807, 2.05) is 0 Å². The number of carbonyl (C=O) groups is 3. The molecule has 0 aliphatic carbocycles. The Balaban J connectivity index is 1.46. The number of amides is 4. The van der Waals surface area contributed by atoms with E-state index < -0.39 is 11.6 Å². The molecular weight excluding hydrogens is 288 g/mol. The van der Waals surface area contributed by atoms with Gasteiger partial charge in [-0.3, -0.25) is 19.6 Å². The van der Waals surface area contributed by atoms with E-state index >= 15 is 0 Å². The van der Waals surface area contributed by atoms with E-state index in [1.54, 1.807) is 15.9 Å². The molecular formula is C13H18N6O3. The number of aromatic nitrogens is 3. The molecule has 2 aliphatic heterocycles. The second-order valence-corrected chi connectivity index (χ2v) is 5.63. The molecule has 1 aromatic rings. The third-order valence-electron chi connectivity index (χ3n) is 4.23. The van der Waals surface area contributed by atoms with Gasteiger partial charge in [0.25, 0.3) is 5.91 Å². The number of hydrogen-bond acceptors (Lipinski definition) is 5. The Morgan fingerprint density at radius 3 is 2.68 bits per heavy atom. The average Bonchev–Trinajstić information content (AvgIpc) is 3.09. The molecule has 118 valence electrons. The summed E-state index contributed by atoms with van der Waals surface area (Å²) >= 11 is 0. The molecule has 3 rings (SSSR count). The number of aryl methyl sites for hydroxylation is 1. The fourth-order valence-corrected chi connectivity index (χ4v) is 2.92. The Kier molecular flexibility index (Phi) is 3.78. The number of hydrogen-bond donors (Lipinski definition) is 2. The van der Waals surface area contributed by atoms with E-state index in [0.29, 0.717) is 45.3 Å². The lowest BCUT2D eigenvalue weighted by molar-refractivity contribution is -0.135. The summed E-state index contributed by atoms with van der Waals surface area (Å²) in [5.74, 6) is -0.213. The van der Waals surface area contributed by atoms with Crippen molar-refractivity contribution in [2.75, 3.05) is 13.1 Å². The Morgan fingerprint density at radius 1 is 1.32 bits per heavy atom. The summed E-state index contributed by atoms with van der Waals surface area (Å²) in [6.45, 7) is 1.62. The van der Waals surface area contributed by atoms with Gasteiger partial charge < -0.3 is 10.2 Å². The van der Waals surface area contributed by atoms with Gasteiger partial charge in [0.15, 0.2) is 0 Å². The van der Waals surface area contributed by atoms with Crippen LogP contribution in [0.5, 0.6) is 0 Å². The van der Waals surface area contributed by atoms with Crippen molar-refractivity contribution in [1.29, 1.82) is 0 Å². The minimum Gasteiger partial charge on any atom is -0.342 e. The van der Waals surface area contributed by atoms with Crippen LogP contribution in [0.1, 0.15) is 25.7 Å². The van der Waals surface area contributed by atoms with Crippen LogP contribution in [0.15, 0.2) is 12.7 Å². The highest BCUT2D eigenvalue weighted by atomic mass is 16.2. The zero-order valence-corrected chi connectivity index (χ0v) is 12.1. The van der Waals surface area contributed by atoms with Crippen LogP contribution in [0.4, 0.5) is 4.79 Å². The number of rotatable bonds is 4. The van der Waals surface area contributed by atoms with Gasteiger partial charge in [-0.05, 0) is 19.3 Å². The minimum absolute atomic E-state index is 0.0692. The Labute approximate surface area is 127 Å². The smallest absolute Gasteiger partial charge is 0.322 e. The second-order valence-electron chi connectivity index (χ2n) is 5.63. The van der Waals surface area contributed by atoms with Crippen LogP contribution in [0.3, 0.4) is 0 Å². The monoisotopic (exact) mass is 306 g/mol. The number of piperidine rings is 1. The Bertz CT molecular complexity index is 577. The Hall–Kier alpha value is -2.45. The fraction of sp³-hybridized carbons (Fsp3) is 0.615. The molecule has 1 spiro atoms. The van der Waals surface area contributed by atoms with Gasteiger partial charge in [-0.2, -0.15) is 5.10 Å². The van der Waals surface area contributed by atoms with Gasteiger partial charge >= 0.3 is 6.03 Å². The van der Waals surface area contributed by atoms with Crippen molar-refractivity contribution >= 4 is 17.8 Å². The van der Waals surface area contributed by atoms with E-state index in [2.05, 4.69) is 20.7 Å². The minimum atomic E-state index is -0.825. The van der Waals surface area contributed by atoms with Crippen molar-refractivity contribution in [2.24, 2.45) is 0 Å². The Morgan fingerprint density at radius 2 is 2.09 bits per heavy atom. The maximum Gasteiger partial charge on any atom is 0.322 e. The zero-order valence-electron chi connectivity index (χ0n) is 12.1. The normalized spacial score (nSPS) is 20.1. The van der Waals surface area contributed by atoms with Crippen molar-refractivity contribution in [2.45, 2.75) is 37.8 Å². The van der Waals surface area contributed by atoms with Gasteiger partial charge in [0.2, 0.25) is 5.91 Å². The molecule has 2 aliphatic rings. The lowest BCUT2D eigenvalue weighted by Gasteiger charge is -2.37. The van der Waals surface area contributed by atoms with Gasteiger partial charge in [-0.1, -0.05) is 0 Å². The molecule has 0 saturated carbocycles. The highest BCUT2D eigenvalue weighted by molar-refractivity contribution is 6.07. The lowest BCUT2D eigenvalue weighted by Crippen LogP contribution is -2.55. The standard InChI is InChI=1S/C13H18N6O3/c20-10(2-1-5-19-9-14-8-15-19)18-6-3-13(4-7-18)11(21)16-12(22)17-13/h8-9H,1-7H2,(H2,16,17,21,22). The third-order valence-corrected chi connectivity index (χ3v) is 4.23. The number of imide groups is 1. The predicted molar refractivity (Wildman–Crippen MR) is 74.5 cm³/mol. The van der Waals surface area contributed by atoms with Crippen molar-refractivity contribution in [3.05, 3.63) is 12.7 Å².